The van der Waals surface area contributed by atoms with E-state index in [1.54, 1.807) is 14.2 Å². The Bertz CT molecular complexity index is 637. The molecule has 3 N–H and O–H groups in total. The van der Waals surface area contributed by atoms with Gasteiger partial charge in [-0.1, -0.05) is 6.07 Å². The van der Waals surface area contributed by atoms with E-state index >= 15 is 0 Å². The van der Waals surface area contributed by atoms with Crippen molar-refractivity contribution in [2.75, 3.05) is 26.6 Å². The molecular weight excluding hydrogens is 361 g/mol. The summed E-state index contributed by atoms with van der Waals surface area (Å²) in [5, 5.41) is 9.83. The highest BCUT2D eigenvalue weighted by atomic mass is 35.5. The summed E-state index contributed by atoms with van der Waals surface area (Å²) >= 11 is 5.45. The molecule has 2 aromatic rings. The summed E-state index contributed by atoms with van der Waals surface area (Å²) in [6, 6.07) is 8.22. The average molecular weight is 388 g/mol. The topological polar surface area (TPSA) is 84.1 Å². The van der Waals surface area contributed by atoms with Crippen molar-refractivity contribution in [3.05, 3.63) is 35.5 Å². The van der Waals surface area contributed by atoms with Crippen molar-refractivity contribution >= 4 is 34.9 Å². The van der Waals surface area contributed by atoms with Gasteiger partial charge in [-0.05, 0) is 49.1 Å². The predicted octanol–water partition coefficient (Wildman–Crippen LogP) is 3.78. The van der Waals surface area contributed by atoms with E-state index in [2.05, 4.69) is 17.1 Å². The third kappa shape index (κ3) is 8.08. The zero-order valence-electron chi connectivity index (χ0n) is 14.8. The molecule has 0 unspecified atom stereocenters. The number of nitriles is 1. The van der Waals surface area contributed by atoms with Gasteiger partial charge in [-0.25, -0.2) is 0 Å². The highest BCUT2D eigenvalue weighted by Gasteiger charge is 2.03. The Morgan fingerprint density at radius 1 is 1.32 bits per heavy atom. The number of rotatable bonds is 8. The number of hydrogen-bond donors (Lipinski definition) is 2. The van der Waals surface area contributed by atoms with Gasteiger partial charge in [0.2, 0.25) is 0 Å². The molecule has 0 amide bonds. The van der Waals surface area contributed by atoms with Gasteiger partial charge in [0.05, 0.1) is 12.5 Å². The van der Waals surface area contributed by atoms with Crippen molar-refractivity contribution < 1.29 is 9.47 Å². The van der Waals surface area contributed by atoms with Crippen LogP contribution < -0.4 is 5.73 Å². The summed E-state index contributed by atoms with van der Waals surface area (Å²) in [6.45, 7) is 0.648. The molecule has 1 aromatic heterocycles. The van der Waals surface area contributed by atoms with Crippen LogP contribution in [0.2, 0.25) is 0 Å². The molecule has 25 heavy (non-hydrogen) atoms. The van der Waals surface area contributed by atoms with E-state index in [1.165, 1.54) is 10.9 Å². The Hall–Kier alpha value is -1.29. The highest BCUT2D eigenvalue weighted by Crippen LogP contribution is 2.20. The molecule has 0 atom stereocenters. The first-order valence-corrected chi connectivity index (χ1v) is 8.51. The summed E-state index contributed by atoms with van der Waals surface area (Å²) in [5.74, 6) is 0.670. The molecule has 0 aliphatic rings. The van der Waals surface area contributed by atoms with Crippen molar-refractivity contribution in [1.29, 1.82) is 5.26 Å². The fourth-order valence-corrected chi connectivity index (χ4v) is 2.52. The van der Waals surface area contributed by atoms with E-state index in [1.807, 2.05) is 18.3 Å². The van der Waals surface area contributed by atoms with Gasteiger partial charge in [-0.2, -0.15) is 5.26 Å². The first-order chi connectivity index (χ1) is 11.7. The third-order valence-electron chi connectivity index (χ3n) is 3.63. The largest absolute Gasteiger partial charge is 0.361 e. The lowest BCUT2D eigenvalue weighted by atomic mass is 10.1. The highest BCUT2D eigenvalue weighted by molar-refractivity contribution is 6.17. The number of methoxy groups -OCH3 is 2. The lowest BCUT2D eigenvalue weighted by Crippen LogP contribution is -2.12. The Morgan fingerprint density at radius 2 is 2.04 bits per heavy atom. The summed E-state index contributed by atoms with van der Waals surface area (Å²) in [6.07, 6.45) is 5.06. The van der Waals surface area contributed by atoms with Crippen molar-refractivity contribution in [3.63, 3.8) is 0 Å². The Balaban J connectivity index is 0.000000504. The Kier molecular flexibility index (Phi) is 13.2. The van der Waals surface area contributed by atoms with Crippen LogP contribution in [0.25, 0.3) is 10.9 Å². The second kappa shape index (κ2) is 13.9. The molecule has 0 saturated heterocycles. The van der Waals surface area contributed by atoms with Gasteiger partial charge in [-0.3, -0.25) is 0 Å². The Labute approximate surface area is 160 Å². The van der Waals surface area contributed by atoms with E-state index in [-0.39, 0.29) is 18.7 Å². The summed E-state index contributed by atoms with van der Waals surface area (Å²) in [5.41, 5.74) is 8.94. The monoisotopic (exact) mass is 387 g/mol. The van der Waals surface area contributed by atoms with Crippen molar-refractivity contribution in [1.82, 2.24) is 4.98 Å². The molecule has 140 valence electrons. The van der Waals surface area contributed by atoms with Crippen molar-refractivity contribution in [2.45, 2.75) is 32.0 Å². The van der Waals surface area contributed by atoms with Gasteiger partial charge >= 0.3 is 0 Å². The summed E-state index contributed by atoms with van der Waals surface area (Å²) in [4.78, 5) is 3.20. The van der Waals surface area contributed by atoms with Crippen LogP contribution in [0.5, 0.6) is 0 Å². The van der Waals surface area contributed by atoms with E-state index in [4.69, 9.17) is 32.1 Å². The van der Waals surface area contributed by atoms with Gasteiger partial charge < -0.3 is 20.2 Å². The summed E-state index contributed by atoms with van der Waals surface area (Å²) in [7, 11) is 3.25. The number of hydrogen-bond acceptors (Lipinski definition) is 4. The second-order valence-corrected chi connectivity index (χ2v) is 5.68. The number of benzene rings is 1. The zero-order chi connectivity index (χ0) is 17.8. The van der Waals surface area contributed by atoms with Crippen LogP contribution in [0, 0.1) is 11.3 Å². The minimum Gasteiger partial charge on any atom is -0.361 e. The molecule has 0 bridgehead atoms. The number of H-pyrrole nitrogens is 1. The lowest BCUT2D eigenvalue weighted by molar-refractivity contribution is -0.106. The van der Waals surface area contributed by atoms with E-state index in [9.17, 15) is 0 Å². The average Bonchev–Trinajstić information content (AvgIpc) is 3.00. The number of nitrogens with one attached hydrogen (secondary N) is 1. The minimum atomic E-state index is -0.0799. The van der Waals surface area contributed by atoms with Gasteiger partial charge in [0.1, 0.15) is 0 Å². The smallest absolute Gasteiger partial charge is 0.156 e. The van der Waals surface area contributed by atoms with Crippen LogP contribution in [0.3, 0.4) is 0 Å². The van der Waals surface area contributed by atoms with Crippen LogP contribution in [0.15, 0.2) is 24.4 Å². The molecule has 1 heterocycles. The van der Waals surface area contributed by atoms with Crippen LogP contribution >= 0.6 is 24.0 Å². The van der Waals surface area contributed by atoms with Crippen LogP contribution in [0.1, 0.15) is 24.0 Å². The van der Waals surface area contributed by atoms with Crippen molar-refractivity contribution in [2.24, 2.45) is 5.73 Å². The predicted molar refractivity (Wildman–Crippen MR) is 105 cm³/mol. The zero-order valence-corrected chi connectivity index (χ0v) is 16.3. The first kappa shape index (κ1) is 23.7. The van der Waals surface area contributed by atoms with E-state index < -0.39 is 0 Å². The van der Waals surface area contributed by atoms with Crippen molar-refractivity contribution in [3.8, 4) is 6.07 Å². The number of ether oxygens (including phenoxy) is 2. The van der Waals surface area contributed by atoms with Crippen LogP contribution in [-0.4, -0.2) is 37.9 Å². The number of aromatic nitrogens is 1. The molecule has 5 nitrogen and oxygen atoms in total. The first-order valence-electron chi connectivity index (χ1n) is 7.97. The molecule has 7 heteroatoms. The van der Waals surface area contributed by atoms with Gasteiger partial charge in [0.15, 0.2) is 6.29 Å². The number of aromatic amines is 1. The second-order valence-electron chi connectivity index (χ2n) is 5.30. The van der Waals surface area contributed by atoms with E-state index in [0.29, 0.717) is 18.8 Å². The van der Waals surface area contributed by atoms with Crippen LogP contribution in [0.4, 0.5) is 0 Å². The fraction of sp³-hybridized carbons (Fsp3) is 0.500. The molecule has 0 aliphatic heterocycles. The minimum absolute atomic E-state index is 0. The lowest BCUT2D eigenvalue weighted by Gasteiger charge is -2.11. The maximum absolute atomic E-state index is 8.64. The molecule has 2 rings (SSSR count). The Morgan fingerprint density at radius 3 is 2.60 bits per heavy atom. The molecule has 0 saturated carbocycles. The maximum Gasteiger partial charge on any atom is 0.156 e. The van der Waals surface area contributed by atoms with Crippen LogP contribution in [-0.2, 0) is 22.3 Å². The molecule has 0 fully saturated rings. The molecule has 1 aromatic carbocycles. The van der Waals surface area contributed by atoms with Gasteiger partial charge in [0, 0.05) is 37.2 Å². The number of nitrogens with two attached hydrogens (primary N) is 1. The molecule has 0 spiro atoms. The number of halogens is 2. The molecule has 0 aliphatic carbocycles. The quantitative estimate of drug-likeness (QED) is 0.533. The fourth-order valence-electron chi connectivity index (χ4n) is 2.36. The summed E-state index contributed by atoms with van der Waals surface area (Å²) < 4.78 is 9.84. The molecular formula is C18H27Cl2N3O2. The normalized spacial score (nSPS) is 10.1. The number of alkyl halides is 1. The maximum atomic E-state index is 8.64. The van der Waals surface area contributed by atoms with Gasteiger partial charge in [-0.15, -0.1) is 24.0 Å². The third-order valence-corrected chi connectivity index (χ3v) is 3.90. The number of fused-ring (bicyclic) bond motifs is 1. The standard InChI is InChI=1S/C12H13N3.C6H13ClO2.ClH/c13-5-3-9-1-2-12-11(7-9)10(4-6-14)8-15-12;1-8-6(9-2)4-3-5-7;/h1-2,7-8,15H,3-4,6,14H2;6H,3-5H2,1-2H3;1H. The van der Waals surface area contributed by atoms with Gasteiger partial charge in [0.25, 0.3) is 0 Å². The SMILES string of the molecule is COC(CCCCl)OC.Cl.N#CCc1ccc2[nH]cc(CCN)c2c1. The molecule has 0 radical (unpaired) electrons. The van der Waals surface area contributed by atoms with E-state index in [0.717, 1.165) is 30.3 Å². The number of nitrogens with zero attached hydrogens (tertiary/aromatic N) is 1.